The highest BCUT2D eigenvalue weighted by Gasteiger charge is 2.25. The molecule has 1 aliphatic carbocycles. The van der Waals surface area contributed by atoms with E-state index in [0.717, 1.165) is 13.1 Å². The molecular weight excluding hydrogens is 238 g/mol. The first kappa shape index (κ1) is 14.0. The number of hydrogen-bond acceptors (Lipinski definition) is 3. The Hall–Kier alpha value is -1.39. The van der Waals surface area contributed by atoms with Crippen LogP contribution in [0.25, 0.3) is 0 Å². The second-order valence-electron chi connectivity index (χ2n) is 5.19. The van der Waals surface area contributed by atoms with Crippen molar-refractivity contribution < 1.29 is 4.79 Å². The summed E-state index contributed by atoms with van der Waals surface area (Å²) in [4.78, 5) is 11.4. The van der Waals surface area contributed by atoms with E-state index >= 15 is 0 Å². The second-order valence-corrected chi connectivity index (χ2v) is 5.19. The monoisotopic (exact) mass is 261 g/mol. The van der Waals surface area contributed by atoms with Gasteiger partial charge in [-0.15, -0.1) is 0 Å². The lowest BCUT2D eigenvalue weighted by Crippen LogP contribution is -2.35. The van der Waals surface area contributed by atoms with Crippen molar-refractivity contribution in [2.24, 2.45) is 11.7 Å². The van der Waals surface area contributed by atoms with E-state index in [2.05, 4.69) is 10.6 Å². The molecule has 0 aromatic heterocycles. The maximum Gasteiger partial charge on any atom is 0.251 e. The molecule has 4 heteroatoms. The van der Waals surface area contributed by atoms with Gasteiger partial charge in [-0.2, -0.15) is 0 Å². The van der Waals surface area contributed by atoms with Gasteiger partial charge < -0.3 is 16.4 Å². The first-order valence-corrected chi connectivity index (χ1v) is 6.99. The predicted octanol–water partition coefficient (Wildman–Crippen LogP) is 1.26. The number of carbonyl (C=O) groups is 1. The molecule has 0 heterocycles. The zero-order valence-electron chi connectivity index (χ0n) is 11.5. The Kier molecular flexibility index (Phi) is 4.93. The van der Waals surface area contributed by atoms with Crippen LogP contribution >= 0.6 is 0 Å². The average molecular weight is 261 g/mol. The zero-order valence-corrected chi connectivity index (χ0v) is 11.5. The fraction of sp³-hybridized carbons (Fsp3) is 0.533. The van der Waals surface area contributed by atoms with Gasteiger partial charge in [-0.1, -0.05) is 18.6 Å². The zero-order chi connectivity index (χ0) is 13.7. The van der Waals surface area contributed by atoms with E-state index in [4.69, 9.17) is 5.73 Å². The summed E-state index contributed by atoms with van der Waals surface area (Å²) in [7, 11) is 1.64. The molecule has 1 aromatic rings. The van der Waals surface area contributed by atoms with Crippen LogP contribution in [0.4, 0.5) is 0 Å². The number of amides is 1. The molecule has 0 radical (unpaired) electrons. The van der Waals surface area contributed by atoms with Gasteiger partial charge in [0.25, 0.3) is 5.91 Å². The van der Waals surface area contributed by atoms with E-state index in [1.807, 2.05) is 24.3 Å². The number of carbonyl (C=O) groups excluding carboxylic acids is 1. The fourth-order valence-corrected chi connectivity index (χ4v) is 2.75. The summed E-state index contributed by atoms with van der Waals surface area (Å²) in [5.41, 5.74) is 7.68. The molecule has 1 amide bonds. The Morgan fingerprint density at radius 2 is 2.05 bits per heavy atom. The highest BCUT2D eigenvalue weighted by molar-refractivity contribution is 5.93. The van der Waals surface area contributed by atoms with Crippen LogP contribution in [0.1, 0.15) is 35.2 Å². The molecule has 19 heavy (non-hydrogen) atoms. The molecule has 2 rings (SSSR count). The van der Waals surface area contributed by atoms with Crippen molar-refractivity contribution in [3.63, 3.8) is 0 Å². The summed E-state index contributed by atoms with van der Waals surface area (Å²) in [6, 6.07) is 8.28. The molecular formula is C15H23N3O. The Morgan fingerprint density at radius 1 is 1.32 bits per heavy atom. The van der Waals surface area contributed by atoms with Gasteiger partial charge in [-0.05, 0) is 43.0 Å². The topological polar surface area (TPSA) is 67.2 Å². The molecule has 4 nitrogen and oxygen atoms in total. The Labute approximate surface area is 114 Å². The summed E-state index contributed by atoms with van der Waals surface area (Å²) in [5, 5.41) is 6.20. The Bertz CT molecular complexity index is 416. The van der Waals surface area contributed by atoms with Crippen LogP contribution in [0.5, 0.6) is 0 Å². The fourth-order valence-electron chi connectivity index (χ4n) is 2.75. The highest BCUT2D eigenvalue weighted by Crippen LogP contribution is 2.24. The minimum absolute atomic E-state index is 0.0431. The molecule has 4 N–H and O–H groups in total. The largest absolute Gasteiger partial charge is 0.355 e. The van der Waals surface area contributed by atoms with E-state index in [0.29, 0.717) is 17.5 Å². The van der Waals surface area contributed by atoms with Crippen LogP contribution in [0.3, 0.4) is 0 Å². The molecule has 0 aliphatic heterocycles. The lowest BCUT2D eigenvalue weighted by atomic mass is 10.0. The van der Waals surface area contributed by atoms with Gasteiger partial charge in [0.05, 0.1) is 0 Å². The highest BCUT2D eigenvalue weighted by atomic mass is 16.1. The van der Waals surface area contributed by atoms with Crippen LogP contribution in [0.2, 0.25) is 0 Å². The summed E-state index contributed by atoms with van der Waals surface area (Å²) in [6.45, 7) is 1.61. The summed E-state index contributed by atoms with van der Waals surface area (Å²) in [6.07, 6.45) is 3.73. The van der Waals surface area contributed by atoms with E-state index in [1.54, 1.807) is 7.05 Å². The third kappa shape index (κ3) is 3.55. The quantitative estimate of drug-likeness (QED) is 0.747. The van der Waals surface area contributed by atoms with E-state index in [9.17, 15) is 4.79 Å². The van der Waals surface area contributed by atoms with Crippen molar-refractivity contribution in [3.8, 4) is 0 Å². The SMILES string of the molecule is CNC(=O)c1ccc(CNC2CCCC2CN)cc1. The minimum Gasteiger partial charge on any atom is -0.355 e. The molecule has 1 fully saturated rings. The Morgan fingerprint density at radius 3 is 2.68 bits per heavy atom. The molecule has 104 valence electrons. The smallest absolute Gasteiger partial charge is 0.251 e. The van der Waals surface area contributed by atoms with E-state index in [1.165, 1.54) is 24.8 Å². The number of nitrogens with one attached hydrogen (secondary N) is 2. The Balaban J connectivity index is 1.88. The van der Waals surface area contributed by atoms with Gasteiger partial charge in [-0.3, -0.25) is 4.79 Å². The average Bonchev–Trinajstić information content (AvgIpc) is 2.92. The maximum atomic E-state index is 11.4. The molecule has 2 unspecified atom stereocenters. The lowest BCUT2D eigenvalue weighted by Gasteiger charge is -2.19. The molecule has 1 aliphatic rings. The molecule has 1 saturated carbocycles. The first-order chi connectivity index (χ1) is 9.24. The standard InChI is InChI=1S/C15H23N3O/c1-17-15(19)12-7-5-11(6-8-12)10-18-14-4-2-3-13(14)9-16/h5-8,13-14,18H,2-4,9-10,16H2,1H3,(H,17,19). The van der Waals surface area contributed by atoms with E-state index in [-0.39, 0.29) is 5.91 Å². The normalized spacial score (nSPS) is 22.4. The summed E-state index contributed by atoms with van der Waals surface area (Å²) >= 11 is 0. The third-order valence-electron chi connectivity index (χ3n) is 3.97. The maximum absolute atomic E-state index is 11.4. The second kappa shape index (κ2) is 6.68. The van der Waals surface area contributed by atoms with Crippen LogP contribution < -0.4 is 16.4 Å². The van der Waals surface area contributed by atoms with Crippen LogP contribution in [0.15, 0.2) is 24.3 Å². The van der Waals surface area contributed by atoms with Gasteiger partial charge in [-0.25, -0.2) is 0 Å². The van der Waals surface area contributed by atoms with Crippen LogP contribution in [-0.4, -0.2) is 25.5 Å². The van der Waals surface area contributed by atoms with Gasteiger partial charge in [0.1, 0.15) is 0 Å². The van der Waals surface area contributed by atoms with Crippen LogP contribution in [0, 0.1) is 5.92 Å². The minimum atomic E-state index is -0.0431. The predicted molar refractivity (Wildman–Crippen MR) is 76.9 cm³/mol. The van der Waals surface area contributed by atoms with Crippen molar-refractivity contribution in [3.05, 3.63) is 35.4 Å². The van der Waals surface area contributed by atoms with Crippen molar-refractivity contribution >= 4 is 5.91 Å². The van der Waals surface area contributed by atoms with Crippen molar-refractivity contribution in [1.29, 1.82) is 0 Å². The summed E-state index contributed by atoms with van der Waals surface area (Å²) < 4.78 is 0. The third-order valence-corrected chi connectivity index (χ3v) is 3.97. The summed E-state index contributed by atoms with van der Waals surface area (Å²) in [5.74, 6) is 0.573. The number of benzene rings is 1. The first-order valence-electron chi connectivity index (χ1n) is 6.99. The molecule has 0 spiro atoms. The van der Waals surface area contributed by atoms with Gasteiger partial charge >= 0.3 is 0 Å². The number of rotatable bonds is 5. The van der Waals surface area contributed by atoms with Gasteiger partial charge in [0.2, 0.25) is 0 Å². The van der Waals surface area contributed by atoms with Crippen molar-refractivity contribution in [1.82, 2.24) is 10.6 Å². The molecule has 1 aromatic carbocycles. The number of nitrogens with two attached hydrogens (primary N) is 1. The van der Waals surface area contributed by atoms with Crippen molar-refractivity contribution in [2.75, 3.05) is 13.6 Å². The van der Waals surface area contributed by atoms with E-state index < -0.39 is 0 Å². The van der Waals surface area contributed by atoms with Crippen molar-refractivity contribution in [2.45, 2.75) is 31.8 Å². The van der Waals surface area contributed by atoms with Gasteiger partial charge in [0.15, 0.2) is 0 Å². The lowest BCUT2D eigenvalue weighted by molar-refractivity contribution is 0.0963. The molecule has 0 saturated heterocycles. The molecule has 0 bridgehead atoms. The van der Waals surface area contributed by atoms with Gasteiger partial charge in [0, 0.05) is 25.2 Å². The van der Waals surface area contributed by atoms with Crippen LogP contribution in [-0.2, 0) is 6.54 Å². The number of hydrogen-bond donors (Lipinski definition) is 3. The molecule has 2 atom stereocenters.